The zero-order valence-corrected chi connectivity index (χ0v) is 19.8. The largest absolute Gasteiger partial charge is 0.379 e. The van der Waals surface area contributed by atoms with Crippen LogP contribution in [0.2, 0.25) is 0 Å². The fraction of sp³-hybridized carbons (Fsp3) is 0.321. The topological polar surface area (TPSA) is 74.3 Å². The van der Waals surface area contributed by atoms with E-state index in [1.54, 1.807) is 18.3 Å². The van der Waals surface area contributed by atoms with Gasteiger partial charge in [0.05, 0.1) is 17.8 Å². The maximum Gasteiger partial charge on any atom is 0.254 e. The van der Waals surface area contributed by atoms with E-state index in [0.717, 1.165) is 35.3 Å². The first-order valence-electron chi connectivity index (χ1n) is 12.0. The number of hydrogen-bond donors (Lipinski definition) is 2. The number of amides is 2. The summed E-state index contributed by atoms with van der Waals surface area (Å²) < 4.78 is 13.6. The zero-order chi connectivity index (χ0) is 24.4. The second-order valence-corrected chi connectivity index (χ2v) is 9.55. The van der Waals surface area contributed by atoms with E-state index in [9.17, 15) is 14.0 Å². The number of hydrogen-bond acceptors (Lipinski definition) is 4. The summed E-state index contributed by atoms with van der Waals surface area (Å²) in [4.78, 5) is 32.2. The third-order valence-electron chi connectivity index (χ3n) is 7.19. The van der Waals surface area contributed by atoms with Crippen LogP contribution in [0.3, 0.4) is 0 Å². The fourth-order valence-electron chi connectivity index (χ4n) is 5.35. The highest BCUT2D eigenvalue weighted by molar-refractivity contribution is 5.96. The maximum atomic E-state index is 13.6. The van der Waals surface area contributed by atoms with Crippen LogP contribution in [0.25, 0.3) is 0 Å². The van der Waals surface area contributed by atoms with E-state index in [0.29, 0.717) is 31.6 Å². The van der Waals surface area contributed by atoms with Gasteiger partial charge in [-0.3, -0.25) is 14.6 Å². The van der Waals surface area contributed by atoms with Crippen LogP contribution in [0.4, 0.5) is 10.1 Å². The van der Waals surface area contributed by atoms with Crippen LogP contribution in [-0.4, -0.2) is 40.3 Å². The van der Waals surface area contributed by atoms with Gasteiger partial charge < -0.3 is 15.5 Å². The number of aromatic nitrogens is 1. The summed E-state index contributed by atoms with van der Waals surface area (Å²) in [6.45, 7) is 3.46. The highest BCUT2D eigenvalue weighted by atomic mass is 19.1. The molecule has 2 amide bonds. The average Bonchev–Trinajstić information content (AvgIpc) is 3.22. The number of carbonyl (C=O) groups excluding carboxylic acids is 2. The van der Waals surface area contributed by atoms with Crippen molar-refractivity contribution in [2.24, 2.45) is 0 Å². The molecule has 2 fully saturated rings. The molecule has 0 saturated carbocycles. The minimum Gasteiger partial charge on any atom is -0.379 e. The minimum absolute atomic E-state index is 0.00834. The van der Waals surface area contributed by atoms with Gasteiger partial charge in [0, 0.05) is 42.9 Å². The van der Waals surface area contributed by atoms with Crippen LogP contribution >= 0.6 is 0 Å². The van der Waals surface area contributed by atoms with Gasteiger partial charge >= 0.3 is 0 Å². The molecule has 1 aromatic heterocycles. The molecule has 2 aliphatic rings. The molecule has 2 aliphatic heterocycles. The summed E-state index contributed by atoms with van der Waals surface area (Å²) in [5.74, 6) is -0.459. The van der Waals surface area contributed by atoms with Crippen LogP contribution < -0.4 is 10.6 Å². The summed E-state index contributed by atoms with van der Waals surface area (Å²) in [5, 5.41) is 6.60. The van der Waals surface area contributed by atoms with Crippen LogP contribution in [0.15, 0.2) is 66.9 Å². The number of aryl methyl sites for hydroxylation is 1. The number of nitrogens with zero attached hydrogens (tertiary/aromatic N) is 2. The van der Waals surface area contributed by atoms with Crippen LogP contribution in [-0.2, 0) is 11.3 Å². The van der Waals surface area contributed by atoms with E-state index in [4.69, 9.17) is 0 Å². The molecule has 0 aliphatic carbocycles. The Morgan fingerprint density at radius 2 is 2.03 bits per heavy atom. The van der Waals surface area contributed by atoms with Crippen molar-refractivity contribution < 1.29 is 14.0 Å². The number of piperidine rings is 1. The van der Waals surface area contributed by atoms with E-state index in [1.165, 1.54) is 12.1 Å². The van der Waals surface area contributed by atoms with Crippen molar-refractivity contribution >= 4 is 17.5 Å². The molecule has 2 saturated heterocycles. The number of nitrogens with one attached hydrogen (secondary N) is 2. The Bertz CT molecular complexity index is 1230. The van der Waals surface area contributed by atoms with Gasteiger partial charge in [-0.05, 0) is 67.3 Å². The third kappa shape index (κ3) is 4.76. The van der Waals surface area contributed by atoms with Crippen molar-refractivity contribution in [3.05, 3.63) is 95.1 Å². The molecule has 3 aromatic rings. The Morgan fingerprint density at radius 3 is 2.77 bits per heavy atom. The van der Waals surface area contributed by atoms with Gasteiger partial charge in [0.1, 0.15) is 5.82 Å². The van der Waals surface area contributed by atoms with Crippen molar-refractivity contribution in [3.63, 3.8) is 0 Å². The summed E-state index contributed by atoms with van der Waals surface area (Å²) in [6.07, 6.45) is 3.82. The molecule has 1 spiro atoms. The van der Waals surface area contributed by atoms with Crippen molar-refractivity contribution in [3.8, 4) is 0 Å². The molecule has 35 heavy (non-hydrogen) atoms. The van der Waals surface area contributed by atoms with Crippen molar-refractivity contribution in [2.75, 3.05) is 18.4 Å². The Morgan fingerprint density at radius 1 is 1.20 bits per heavy atom. The molecule has 2 N–H and O–H groups in total. The number of pyridine rings is 1. The number of carbonyl (C=O) groups is 2. The molecule has 6 nitrogen and oxygen atoms in total. The lowest BCUT2D eigenvalue weighted by molar-refractivity contribution is -0.125. The quantitative estimate of drug-likeness (QED) is 0.577. The number of benzene rings is 2. The van der Waals surface area contributed by atoms with Crippen molar-refractivity contribution in [2.45, 2.75) is 44.2 Å². The number of anilines is 1. The van der Waals surface area contributed by atoms with Gasteiger partial charge in [-0.25, -0.2) is 4.39 Å². The van der Waals surface area contributed by atoms with Crippen LogP contribution in [0, 0.1) is 12.7 Å². The van der Waals surface area contributed by atoms with E-state index >= 15 is 0 Å². The lowest BCUT2D eigenvalue weighted by Gasteiger charge is -2.39. The second-order valence-electron chi connectivity index (χ2n) is 9.55. The summed E-state index contributed by atoms with van der Waals surface area (Å²) >= 11 is 0. The van der Waals surface area contributed by atoms with Gasteiger partial charge in [0.15, 0.2) is 0 Å². The van der Waals surface area contributed by atoms with Gasteiger partial charge in [-0.1, -0.05) is 24.3 Å². The summed E-state index contributed by atoms with van der Waals surface area (Å²) in [7, 11) is 0. The first-order valence-corrected chi connectivity index (χ1v) is 12.0. The monoisotopic (exact) mass is 472 g/mol. The van der Waals surface area contributed by atoms with Gasteiger partial charge in [-0.15, -0.1) is 0 Å². The molecule has 7 heteroatoms. The number of halogens is 1. The Hall–Kier alpha value is -3.74. The Kier molecular flexibility index (Phi) is 6.24. The normalized spacial score (nSPS) is 21.7. The van der Waals surface area contributed by atoms with Crippen LogP contribution in [0.5, 0.6) is 0 Å². The number of rotatable bonds is 5. The smallest absolute Gasteiger partial charge is 0.254 e. The highest BCUT2D eigenvalue weighted by Gasteiger charge is 2.50. The molecule has 180 valence electrons. The molecule has 0 unspecified atom stereocenters. The zero-order valence-electron chi connectivity index (χ0n) is 19.8. The number of likely N-dealkylation sites (tertiary alicyclic amines) is 1. The lowest BCUT2D eigenvalue weighted by Crippen LogP contribution is -2.56. The minimum atomic E-state index is -0.534. The van der Waals surface area contributed by atoms with E-state index in [2.05, 4.69) is 15.6 Å². The molecule has 0 radical (unpaired) electrons. The molecule has 2 aromatic carbocycles. The van der Waals surface area contributed by atoms with Gasteiger partial charge in [-0.2, -0.15) is 0 Å². The average molecular weight is 473 g/mol. The Labute approximate surface area is 204 Å². The molecule has 5 rings (SSSR count). The maximum absolute atomic E-state index is 13.6. The van der Waals surface area contributed by atoms with Crippen molar-refractivity contribution in [1.29, 1.82) is 0 Å². The highest BCUT2D eigenvalue weighted by Crippen LogP contribution is 2.42. The molecule has 0 bridgehead atoms. The van der Waals surface area contributed by atoms with Crippen molar-refractivity contribution in [1.82, 2.24) is 15.2 Å². The first kappa shape index (κ1) is 23.0. The molecule has 2 atom stereocenters. The van der Waals surface area contributed by atoms with Gasteiger partial charge in [0.2, 0.25) is 5.91 Å². The van der Waals surface area contributed by atoms with E-state index in [1.807, 2.05) is 48.2 Å². The fourth-order valence-corrected chi connectivity index (χ4v) is 5.35. The third-order valence-corrected chi connectivity index (χ3v) is 7.19. The van der Waals surface area contributed by atoms with Crippen LogP contribution in [0.1, 0.15) is 52.4 Å². The standard InChI is InChI=1S/C28H29FN4O2/c1-19-7-8-21(15-25(19)31-16-23-5-2-3-14-30-23)27(35)33-17-24(20-9-11-22(29)12-10-20)28(18-33)13-4-6-26(34)32-28/h2-3,5,7-12,14-15,24,31H,4,6,13,16-18H2,1H3,(H,32,34)/t24-,28+/m0/s1. The lowest BCUT2D eigenvalue weighted by atomic mass is 9.76. The summed E-state index contributed by atoms with van der Waals surface area (Å²) in [6, 6.07) is 17.9. The molecule has 3 heterocycles. The SMILES string of the molecule is Cc1ccc(C(=O)N2C[C@@H](c3ccc(F)cc3)[C@@]3(CCCC(=O)N3)C2)cc1NCc1ccccn1. The summed E-state index contributed by atoms with van der Waals surface area (Å²) in [5.41, 5.74) is 3.84. The second kappa shape index (κ2) is 9.49. The molecular weight excluding hydrogens is 443 g/mol. The first-order chi connectivity index (χ1) is 16.9. The predicted octanol–water partition coefficient (Wildman–Crippen LogP) is 4.42. The van der Waals surface area contributed by atoms with Gasteiger partial charge in [0.25, 0.3) is 5.91 Å². The predicted molar refractivity (Wildman–Crippen MR) is 133 cm³/mol. The Balaban J connectivity index is 1.39. The molecular formula is C28H29FN4O2. The van der Waals surface area contributed by atoms with E-state index in [-0.39, 0.29) is 23.5 Å². The van der Waals surface area contributed by atoms with E-state index < -0.39 is 5.54 Å².